The Kier molecular flexibility index (Phi) is 4.63. The van der Waals surface area contributed by atoms with Crippen LogP contribution in [0.1, 0.15) is 16.8 Å². The lowest BCUT2D eigenvalue weighted by molar-refractivity contribution is -0.119. The van der Waals surface area contributed by atoms with Crippen LogP contribution in [0.2, 0.25) is 0 Å². The molecule has 0 amide bonds. The van der Waals surface area contributed by atoms with E-state index in [4.69, 9.17) is 4.74 Å². The number of hydrogen-bond acceptors (Lipinski definition) is 4. The van der Waals surface area contributed by atoms with Crippen molar-refractivity contribution in [2.75, 3.05) is 27.7 Å². The van der Waals surface area contributed by atoms with Crippen LogP contribution in [0, 0.1) is 13.8 Å². The van der Waals surface area contributed by atoms with E-state index in [9.17, 15) is 4.79 Å². The molecule has 1 aromatic heterocycles. The predicted molar refractivity (Wildman–Crippen MR) is 67.5 cm³/mol. The van der Waals surface area contributed by atoms with Gasteiger partial charge in [-0.1, -0.05) is 0 Å². The van der Waals surface area contributed by atoms with Crippen LogP contribution in [0.5, 0.6) is 5.75 Å². The normalized spacial score (nSPS) is 10.7. The van der Waals surface area contributed by atoms with Gasteiger partial charge in [-0.25, -0.2) is 0 Å². The third-order valence-electron chi connectivity index (χ3n) is 2.61. The number of methoxy groups -OCH3 is 1. The molecule has 0 aliphatic carbocycles. The third kappa shape index (κ3) is 3.53. The van der Waals surface area contributed by atoms with Crippen LogP contribution in [0.15, 0.2) is 6.20 Å². The molecule has 17 heavy (non-hydrogen) atoms. The number of ether oxygens (including phenoxy) is 1. The molecule has 1 heterocycles. The lowest BCUT2D eigenvalue weighted by Gasteiger charge is -2.13. The summed E-state index contributed by atoms with van der Waals surface area (Å²) in [6, 6.07) is 0. The van der Waals surface area contributed by atoms with Gasteiger partial charge < -0.3 is 9.64 Å². The van der Waals surface area contributed by atoms with E-state index in [1.54, 1.807) is 13.3 Å². The first-order chi connectivity index (χ1) is 7.95. The predicted octanol–water partition coefficient (Wildman–Crippen LogP) is 1.38. The maximum atomic E-state index is 11.7. The Labute approximate surface area is 103 Å². The highest BCUT2D eigenvalue weighted by molar-refractivity contribution is 5.82. The largest absolute Gasteiger partial charge is 0.496 e. The van der Waals surface area contributed by atoms with Crippen LogP contribution in [0.3, 0.4) is 0 Å². The molecule has 1 aromatic rings. The highest BCUT2D eigenvalue weighted by atomic mass is 16.5. The molecule has 4 nitrogen and oxygen atoms in total. The van der Waals surface area contributed by atoms with Crippen molar-refractivity contribution in [3.8, 4) is 5.75 Å². The summed E-state index contributed by atoms with van der Waals surface area (Å²) in [7, 11) is 5.41. The molecule has 0 unspecified atom stereocenters. The fraction of sp³-hybridized carbons (Fsp3) is 0.538. The van der Waals surface area contributed by atoms with Gasteiger partial charge in [0.05, 0.1) is 25.8 Å². The van der Waals surface area contributed by atoms with E-state index in [0.717, 1.165) is 22.6 Å². The SMILES string of the molecule is COc1c(C)cnc(CC(=O)CN(C)C)c1C. The average Bonchev–Trinajstić information content (AvgIpc) is 2.22. The van der Waals surface area contributed by atoms with Crippen LogP contribution in [0.25, 0.3) is 0 Å². The molecule has 0 N–H and O–H groups in total. The Hall–Kier alpha value is -1.42. The number of rotatable bonds is 5. The molecule has 0 saturated heterocycles. The van der Waals surface area contributed by atoms with Crippen LogP contribution in [-0.4, -0.2) is 43.4 Å². The molecule has 0 saturated carbocycles. The number of pyridine rings is 1. The van der Waals surface area contributed by atoms with Gasteiger partial charge in [-0.05, 0) is 27.9 Å². The number of aryl methyl sites for hydroxylation is 1. The zero-order chi connectivity index (χ0) is 13.0. The van der Waals surface area contributed by atoms with Crippen molar-refractivity contribution in [2.24, 2.45) is 0 Å². The summed E-state index contributed by atoms with van der Waals surface area (Å²) in [5.74, 6) is 0.990. The van der Waals surface area contributed by atoms with E-state index >= 15 is 0 Å². The fourth-order valence-corrected chi connectivity index (χ4v) is 1.84. The van der Waals surface area contributed by atoms with E-state index in [0.29, 0.717) is 13.0 Å². The van der Waals surface area contributed by atoms with E-state index < -0.39 is 0 Å². The number of Topliss-reactive ketones (excluding diaryl/α,β-unsaturated/α-hetero) is 1. The lowest BCUT2D eigenvalue weighted by atomic mass is 10.1. The van der Waals surface area contributed by atoms with Crippen molar-refractivity contribution in [2.45, 2.75) is 20.3 Å². The molecular weight excluding hydrogens is 216 g/mol. The van der Waals surface area contributed by atoms with Crippen molar-refractivity contribution < 1.29 is 9.53 Å². The Bertz CT molecular complexity index is 414. The van der Waals surface area contributed by atoms with E-state index in [2.05, 4.69) is 4.98 Å². The Morgan fingerprint density at radius 3 is 2.59 bits per heavy atom. The van der Waals surface area contributed by atoms with Gasteiger partial charge in [0.2, 0.25) is 0 Å². The molecule has 94 valence electrons. The number of likely N-dealkylation sites (N-methyl/N-ethyl adjacent to an activating group) is 1. The van der Waals surface area contributed by atoms with Crippen LogP contribution < -0.4 is 4.74 Å². The van der Waals surface area contributed by atoms with Gasteiger partial charge in [-0.3, -0.25) is 9.78 Å². The molecule has 0 aliphatic rings. The van der Waals surface area contributed by atoms with Crippen LogP contribution in [-0.2, 0) is 11.2 Å². The fourth-order valence-electron chi connectivity index (χ4n) is 1.84. The highest BCUT2D eigenvalue weighted by Crippen LogP contribution is 2.24. The molecule has 0 spiro atoms. The summed E-state index contributed by atoms with van der Waals surface area (Å²) in [4.78, 5) is 17.9. The van der Waals surface area contributed by atoms with E-state index in [-0.39, 0.29) is 5.78 Å². The molecule has 0 radical (unpaired) electrons. The highest BCUT2D eigenvalue weighted by Gasteiger charge is 2.13. The minimum atomic E-state index is 0.163. The summed E-state index contributed by atoms with van der Waals surface area (Å²) < 4.78 is 5.32. The molecule has 0 atom stereocenters. The quantitative estimate of drug-likeness (QED) is 0.774. The number of aromatic nitrogens is 1. The molecule has 0 aromatic carbocycles. The average molecular weight is 236 g/mol. The summed E-state index contributed by atoms with van der Waals surface area (Å²) in [6.07, 6.45) is 2.12. The molecular formula is C13H20N2O2. The van der Waals surface area contributed by atoms with E-state index in [1.807, 2.05) is 32.8 Å². The second kappa shape index (κ2) is 5.77. The van der Waals surface area contributed by atoms with Gasteiger partial charge in [0.15, 0.2) is 5.78 Å². The van der Waals surface area contributed by atoms with Gasteiger partial charge in [-0.2, -0.15) is 0 Å². The molecule has 0 bridgehead atoms. The summed E-state index contributed by atoms with van der Waals surface area (Å²) in [5.41, 5.74) is 2.76. The monoisotopic (exact) mass is 236 g/mol. The zero-order valence-corrected chi connectivity index (χ0v) is 11.2. The summed E-state index contributed by atoms with van der Waals surface area (Å²) >= 11 is 0. The van der Waals surface area contributed by atoms with Gasteiger partial charge in [0.1, 0.15) is 5.75 Å². The van der Waals surface area contributed by atoms with Crippen molar-refractivity contribution >= 4 is 5.78 Å². The Morgan fingerprint density at radius 1 is 1.41 bits per heavy atom. The number of ketones is 1. The first kappa shape index (κ1) is 13.6. The second-order valence-corrected chi connectivity index (χ2v) is 4.50. The first-order valence-corrected chi connectivity index (χ1v) is 5.61. The first-order valence-electron chi connectivity index (χ1n) is 5.61. The van der Waals surface area contributed by atoms with Gasteiger partial charge in [0.25, 0.3) is 0 Å². The number of carbonyl (C=O) groups excluding carboxylic acids is 1. The van der Waals surface area contributed by atoms with Crippen molar-refractivity contribution in [3.63, 3.8) is 0 Å². The molecule has 0 aliphatic heterocycles. The Balaban J connectivity index is 2.89. The van der Waals surface area contributed by atoms with Crippen molar-refractivity contribution in [1.29, 1.82) is 0 Å². The zero-order valence-electron chi connectivity index (χ0n) is 11.2. The Morgan fingerprint density at radius 2 is 2.06 bits per heavy atom. The standard InChI is InChI=1S/C13H20N2O2/c1-9-7-14-12(10(2)13(9)17-5)6-11(16)8-15(3)4/h7H,6,8H2,1-5H3. The van der Waals surface area contributed by atoms with Crippen LogP contribution in [0.4, 0.5) is 0 Å². The van der Waals surface area contributed by atoms with E-state index in [1.165, 1.54) is 0 Å². The van der Waals surface area contributed by atoms with Gasteiger partial charge in [-0.15, -0.1) is 0 Å². The minimum Gasteiger partial charge on any atom is -0.496 e. The van der Waals surface area contributed by atoms with Crippen molar-refractivity contribution in [3.05, 3.63) is 23.0 Å². The molecule has 0 fully saturated rings. The molecule has 4 heteroatoms. The maximum Gasteiger partial charge on any atom is 0.152 e. The van der Waals surface area contributed by atoms with Gasteiger partial charge >= 0.3 is 0 Å². The summed E-state index contributed by atoms with van der Waals surface area (Å²) in [6.45, 7) is 4.33. The number of nitrogens with zero attached hydrogens (tertiary/aromatic N) is 2. The lowest BCUT2D eigenvalue weighted by Crippen LogP contribution is -2.23. The van der Waals surface area contributed by atoms with Crippen LogP contribution >= 0.6 is 0 Å². The van der Waals surface area contributed by atoms with Crippen molar-refractivity contribution in [1.82, 2.24) is 9.88 Å². The second-order valence-electron chi connectivity index (χ2n) is 4.50. The smallest absolute Gasteiger partial charge is 0.152 e. The number of carbonyl (C=O) groups is 1. The van der Waals surface area contributed by atoms with Gasteiger partial charge in [0, 0.05) is 17.3 Å². The maximum absolute atomic E-state index is 11.7. The third-order valence-corrected chi connectivity index (χ3v) is 2.61. The number of hydrogen-bond donors (Lipinski definition) is 0. The topological polar surface area (TPSA) is 42.4 Å². The molecule has 1 rings (SSSR count). The minimum absolute atomic E-state index is 0.163. The summed E-state index contributed by atoms with van der Waals surface area (Å²) in [5, 5.41) is 0.